The predicted molar refractivity (Wildman–Crippen MR) is 65.3 cm³/mol. The van der Waals surface area contributed by atoms with Crippen LogP contribution in [0.4, 0.5) is 13.2 Å². The van der Waals surface area contributed by atoms with Gasteiger partial charge in [0.2, 0.25) is 5.28 Å². The number of imidazole rings is 1. The Hall–Kier alpha value is -1.69. The van der Waals surface area contributed by atoms with Gasteiger partial charge < -0.3 is 9.72 Å². The van der Waals surface area contributed by atoms with Crippen LogP contribution in [-0.2, 0) is 6.18 Å². The number of methoxy groups -OCH3 is 1. The number of hydrogen-bond donors (Lipinski definition) is 1. The van der Waals surface area contributed by atoms with Gasteiger partial charge in [-0.05, 0) is 36.7 Å². The van der Waals surface area contributed by atoms with Crippen LogP contribution in [0.25, 0.3) is 11.3 Å². The van der Waals surface area contributed by atoms with E-state index in [-0.39, 0.29) is 11.0 Å². The zero-order valence-corrected chi connectivity index (χ0v) is 10.9. The first-order valence-electron chi connectivity index (χ1n) is 5.30. The maximum atomic E-state index is 12.6. The Morgan fingerprint density at radius 2 is 2.00 bits per heavy atom. The molecule has 0 amide bonds. The van der Waals surface area contributed by atoms with Crippen molar-refractivity contribution in [2.24, 2.45) is 0 Å². The molecule has 0 saturated heterocycles. The van der Waals surface area contributed by atoms with E-state index >= 15 is 0 Å². The van der Waals surface area contributed by atoms with Crippen LogP contribution >= 0.6 is 11.6 Å². The van der Waals surface area contributed by atoms with Crippen LogP contribution in [0.3, 0.4) is 0 Å². The van der Waals surface area contributed by atoms with Gasteiger partial charge in [-0.2, -0.15) is 13.2 Å². The van der Waals surface area contributed by atoms with Crippen molar-refractivity contribution in [1.29, 1.82) is 0 Å². The van der Waals surface area contributed by atoms with Crippen molar-refractivity contribution in [3.8, 4) is 17.0 Å². The van der Waals surface area contributed by atoms with E-state index in [1.807, 2.05) is 0 Å². The normalized spacial score (nSPS) is 11.7. The molecule has 0 aliphatic rings. The average molecular weight is 291 g/mol. The molecule has 0 saturated carbocycles. The molecular formula is C12H10ClF3N2O. The van der Waals surface area contributed by atoms with E-state index in [2.05, 4.69) is 9.97 Å². The lowest BCUT2D eigenvalue weighted by atomic mass is 10.1. The summed E-state index contributed by atoms with van der Waals surface area (Å²) in [4.78, 5) is 6.81. The van der Waals surface area contributed by atoms with Crippen molar-refractivity contribution >= 4 is 11.6 Å². The summed E-state index contributed by atoms with van der Waals surface area (Å²) in [6.07, 6.45) is -4.41. The number of alkyl halides is 3. The SMILES string of the molecule is COc1cc(C(F)(F)F)ccc1-c1nc(Cl)[nH]c1C. The minimum atomic E-state index is -4.41. The van der Waals surface area contributed by atoms with E-state index in [0.717, 1.165) is 12.1 Å². The topological polar surface area (TPSA) is 37.9 Å². The van der Waals surface area contributed by atoms with Gasteiger partial charge in [0.1, 0.15) is 5.75 Å². The van der Waals surface area contributed by atoms with E-state index in [0.29, 0.717) is 17.0 Å². The Morgan fingerprint density at radius 1 is 1.32 bits per heavy atom. The molecule has 7 heteroatoms. The minimum absolute atomic E-state index is 0.0982. The molecule has 0 unspecified atom stereocenters. The summed E-state index contributed by atoms with van der Waals surface area (Å²) < 4.78 is 42.9. The highest BCUT2D eigenvalue weighted by atomic mass is 35.5. The Kier molecular flexibility index (Phi) is 3.45. The second-order valence-electron chi connectivity index (χ2n) is 3.91. The quantitative estimate of drug-likeness (QED) is 0.905. The van der Waals surface area contributed by atoms with Gasteiger partial charge in [0, 0.05) is 11.3 Å². The lowest BCUT2D eigenvalue weighted by Gasteiger charge is -2.11. The van der Waals surface area contributed by atoms with Gasteiger partial charge in [-0.25, -0.2) is 4.98 Å². The molecule has 0 atom stereocenters. The summed E-state index contributed by atoms with van der Waals surface area (Å²) in [5, 5.41) is 0.175. The van der Waals surface area contributed by atoms with Crippen molar-refractivity contribution in [1.82, 2.24) is 9.97 Å². The second kappa shape index (κ2) is 4.77. The summed E-state index contributed by atoms with van der Waals surface area (Å²) in [7, 11) is 1.31. The number of H-pyrrole nitrogens is 1. The van der Waals surface area contributed by atoms with Crippen molar-refractivity contribution < 1.29 is 17.9 Å². The number of nitrogens with one attached hydrogen (secondary N) is 1. The molecule has 2 rings (SSSR count). The summed E-state index contributed by atoms with van der Waals surface area (Å²) in [6.45, 7) is 1.73. The van der Waals surface area contributed by atoms with Crippen molar-refractivity contribution in [3.05, 3.63) is 34.7 Å². The van der Waals surface area contributed by atoms with E-state index in [4.69, 9.17) is 16.3 Å². The lowest BCUT2D eigenvalue weighted by Crippen LogP contribution is -2.05. The Bertz CT molecular complexity index is 608. The number of hydrogen-bond acceptors (Lipinski definition) is 2. The van der Waals surface area contributed by atoms with Gasteiger partial charge >= 0.3 is 6.18 Å². The number of nitrogens with zero attached hydrogens (tertiary/aromatic N) is 1. The van der Waals surface area contributed by atoms with E-state index in [9.17, 15) is 13.2 Å². The van der Waals surface area contributed by atoms with Gasteiger partial charge in [0.15, 0.2) is 0 Å². The van der Waals surface area contributed by atoms with Crippen LogP contribution in [0.5, 0.6) is 5.75 Å². The molecule has 19 heavy (non-hydrogen) atoms. The molecule has 0 aliphatic heterocycles. The number of aryl methyl sites for hydroxylation is 1. The molecule has 0 spiro atoms. The van der Waals surface area contributed by atoms with Crippen LogP contribution in [0.1, 0.15) is 11.3 Å². The largest absolute Gasteiger partial charge is 0.496 e. The highest BCUT2D eigenvalue weighted by Crippen LogP contribution is 2.37. The molecule has 0 fully saturated rings. The first-order valence-corrected chi connectivity index (χ1v) is 5.68. The highest BCUT2D eigenvalue weighted by Gasteiger charge is 2.31. The minimum Gasteiger partial charge on any atom is -0.496 e. The number of ether oxygens (including phenoxy) is 1. The van der Waals surface area contributed by atoms with Crippen LogP contribution in [0, 0.1) is 6.92 Å². The second-order valence-corrected chi connectivity index (χ2v) is 4.27. The summed E-state index contributed by atoms with van der Waals surface area (Å²) in [6, 6.07) is 3.25. The first-order chi connectivity index (χ1) is 8.82. The zero-order valence-electron chi connectivity index (χ0n) is 10.1. The molecule has 0 bridgehead atoms. The molecular weight excluding hydrogens is 281 g/mol. The molecule has 1 aromatic heterocycles. The van der Waals surface area contributed by atoms with E-state index in [1.165, 1.54) is 13.2 Å². The van der Waals surface area contributed by atoms with Crippen molar-refractivity contribution in [2.75, 3.05) is 7.11 Å². The van der Waals surface area contributed by atoms with Gasteiger partial charge in [0.25, 0.3) is 0 Å². The predicted octanol–water partition coefficient (Wildman–Crippen LogP) is 4.07. The fourth-order valence-electron chi connectivity index (χ4n) is 1.75. The number of benzene rings is 1. The monoisotopic (exact) mass is 290 g/mol. The molecule has 0 aliphatic carbocycles. The molecule has 0 radical (unpaired) electrons. The smallest absolute Gasteiger partial charge is 0.416 e. The lowest BCUT2D eigenvalue weighted by molar-refractivity contribution is -0.137. The summed E-state index contributed by atoms with van der Waals surface area (Å²) in [5.74, 6) is 0.0982. The van der Waals surface area contributed by atoms with Crippen LogP contribution < -0.4 is 4.74 Å². The Morgan fingerprint density at radius 3 is 2.47 bits per heavy atom. The zero-order chi connectivity index (χ0) is 14.2. The fourth-order valence-corrected chi connectivity index (χ4v) is 1.98. The molecule has 2 aromatic rings. The summed E-state index contributed by atoms with van der Waals surface area (Å²) >= 11 is 5.73. The van der Waals surface area contributed by atoms with Gasteiger partial charge in [-0.3, -0.25) is 0 Å². The molecule has 1 aromatic carbocycles. The van der Waals surface area contributed by atoms with Gasteiger partial charge in [-0.1, -0.05) is 0 Å². The molecule has 1 N–H and O–H groups in total. The van der Waals surface area contributed by atoms with Crippen molar-refractivity contribution in [3.63, 3.8) is 0 Å². The summed E-state index contributed by atoms with van der Waals surface area (Å²) in [5.41, 5.74) is 0.808. The standard InChI is InChI=1S/C12H10ClF3N2O/c1-6-10(18-11(13)17-6)8-4-3-7(12(14,15)16)5-9(8)19-2/h3-5H,1-2H3,(H,17,18). The van der Waals surface area contributed by atoms with E-state index < -0.39 is 11.7 Å². The van der Waals surface area contributed by atoms with Crippen LogP contribution in [-0.4, -0.2) is 17.1 Å². The first kappa shape index (κ1) is 13.7. The van der Waals surface area contributed by atoms with Crippen LogP contribution in [0.15, 0.2) is 18.2 Å². The number of aromatic nitrogens is 2. The Labute approximate surface area is 112 Å². The maximum absolute atomic E-state index is 12.6. The third-order valence-electron chi connectivity index (χ3n) is 2.64. The number of rotatable bonds is 2. The third kappa shape index (κ3) is 2.68. The Balaban J connectivity index is 2.56. The molecule has 3 nitrogen and oxygen atoms in total. The molecule has 102 valence electrons. The maximum Gasteiger partial charge on any atom is 0.416 e. The van der Waals surface area contributed by atoms with Crippen LogP contribution in [0.2, 0.25) is 5.28 Å². The number of aromatic amines is 1. The third-order valence-corrected chi connectivity index (χ3v) is 2.82. The average Bonchev–Trinajstić information content (AvgIpc) is 2.66. The van der Waals surface area contributed by atoms with E-state index in [1.54, 1.807) is 6.92 Å². The number of halogens is 4. The van der Waals surface area contributed by atoms with Gasteiger partial charge in [0.05, 0.1) is 18.4 Å². The van der Waals surface area contributed by atoms with Gasteiger partial charge in [-0.15, -0.1) is 0 Å². The fraction of sp³-hybridized carbons (Fsp3) is 0.250. The van der Waals surface area contributed by atoms with Crippen molar-refractivity contribution in [2.45, 2.75) is 13.1 Å². The molecule has 1 heterocycles. The highest BCUT2D eigenvalue weighted by molar-refractivity contribution is 6.28.